The highest BCUT2D eigenvalue weighted by molar-refractivity contribution is 5.13. The summed E-state index contributed by atoms with van der Waals surface area (Å²) in [5, 5.41) is 3.43. The van der Waals surface area contributed by atoms with Crippen LogP contribution in [0.5, 0.6) is 0 Å². The minimum Gasteiger partial charge on any atom is -0.376 e. The normalized spacial score (nSPS) is 34.0. The second kappa shape index (κ2) is 4.67. The Balaban J connectivity index is 1.91. The Morgan fingerprint density at radius 1 is 1.44 bits per heavy atom. The topological polar surface area (TPSA) is 39.1 Å². The van der Waals surface area contributed by atoms with E-state index in [1.165, 1.54) is 18.5 Å². The van der Waals surface area contributed by atoms with Crippen LogP contribution in [0.15, 0.2) is 12.5 Å². The lowest BCUT2D eigenvalue weighted by Crippen LogP contribution is -2.38. The second-order valence-corrected chi connectivity index (χ2v) is 5.83. The molecule has 2 saturated heterocycles. The fourth-order valence-electron chi connectivity index (χ4n) is 3.29. The molecule has 2 aliphatic rings. The molecule has 3 heterocycles. The average molecular weight is 249 g/mol. The van der Waals surface area contributed by atoms with Crippen molar-refractivity contribution in [3.8, 4) is 0 Å². The van der Waals surface area contributed by atoms with Gasteiger partial charge in [0.05, 0.1) is 18.0 Å². The number of hydrogen-bond acceptors (Lipinski definition) is 3. The Hall–Kier alpha value is -0.870. The van der Waals surface area contributed by atoms with Gasteiger partial charge in [-0.2, -0.15) is 0 Å². The predicted octanol–water partition coefficient (Wildman–Crippen LogP) is 1.87. The van der Waals surface area contributed by atoms with Crippen LogP contribution in [0.3, 0.4) is 0 Å². The third-order valence-electron chi connectivity index (χ3n) is 4.83. The van der Waals surface area contributed by atoms with E-state index < -0.39 is 0 Å². The molecule has 4 heteroatoms. The first-order valence-corrected chi connectivity index (χ1v) is 7.07. The smallest absolute Gasteiger partial charge is 0.0954 e. The van der Waals surface area contributed by atoms with E-state index >= 15 is 0 Å². The Kier molecular flexibility index (Phi) is 3.16. The summed E-state index contributed by atoms with van der Waals surface area (Å²) in [6.07, 6.45) is 7.86. The Morgan fingerprint density at radius 2 is 2.22 bits per heavy atom. The van der Waals surface area contributed by atoms with Crippen molar-refractivity contribution in [3.63, 3.8) is 0 Å². The van der Waals surface area contributed by atoms with Crippen LogP contribution in [0.2, 0.25) is 0 Å². The summed E-state index contributed by atoms with van der Waals surface area (Å²) in [5.74, 6) is 0.651. The van der Waals surface area contributed by atoms with Crippen LogP contribution in [0.1, 0.15) is 44.7 Å². The van der Waals surface area contributed by atoms with E-state index in [-0.39, 0.29) is 11.6 Å². The minimum absolute atomic E-state index is 0.0801. The standard InChI is InChI=1S/C14H23N3O/c1-11-14(2,5-8-18-11)17-10-16-9-13(17)12-3-6-15-7-4-12/h9-12,15H,3-8H2,1-2H3. The molecule has 18 heavy (non-hydrogen) atoms. The number of nitrogens with zero attached hydrogens (tertiary/aromatic N) is 2. The number of piperidine rings is 1. The quantitative estimate of drug-likeness (QED) is 0.869. The second-order valence-electron chi connectivity index (χ2n) is 5.83. The van der Waals surface area contributed by atoms with Crippen molar-refractivity contribution in [2.45, 2.75) is 50.7 Å². The third kappa shape index (κ3) is 1.88. The minimum atomic E-state index is 0.0801. The van der Waals surface area contributed by atoms with Crippen molar-refractivity contribution in [2.24, 2.45) is 0 Å². The molecule has 2 atom stereocenters. The zero-order valence-corrected chi connectivity index (χ0v) is 11.4. The van der Waals surface area contributed by atoms with E-state index in [0.717, 1.165) is 26.1 Å². The van der Waals surface area contributed by atoms with Crippen molar-refractivity contribution >= 4 is 0 Å². The Labute approximate surface area is 109 Å². The summed E-state index contributed by atoms with van der Waals surface area (Å²) in [5.41, 5.74) is 1.48. The van der Waals surface area contributed by atoms with E-state index in [1.807, 2.05) is 6.33 Å². The summed E-state index contributed by atoms with van der Waals surface area (Å²) in [6.45, 7) is 7.59. The largest absolute Gasteiger partial charge is 0.376 e. The van der Waals surface area contributed by atoms with Gasteiger partial charge in [-0.25, -0.2) is 4.98 Å². The zero-order chi connectivity index (χ0) is 12.6. The van der Waals surface area contributed by atoms with Crippen LogP contribution in [0, 0.1) is 0 Å². The molecule has 0 amide bonds. The molecular formula is C14H23N3O. The van der Waals surface area contributed by atoms with Crippen molar-refractivity contribution in [3.05, 3.63) is 18.2 Å². The summed E-state index contributed by atoms with van der Waals surface area (Å²) >= 11 is 0. The van der Waals surface area contributed by atoms with E-state index in [4.69, 9.17) is 4.74 Å². The highest BCUT2D eigenvalue weighted by Gasteiger charge is 2.40. The maximum Gasteiger partial charge on any atom is 0.0954 e. The molecule has 0 aromatic carbocycles. The first-order valence-electron chi connectivity index (χ1n) is 7.07. The van der Waals surface area contributed by atoms with Crippen LogP contribution < -0.4 is 5.32 Å². The number of ether oxygens (including phenoxy) is 1. The lowest BCUT2D eigenvalue weighted by atomic mass is 9.90. The van der Waals surface area contributed by atoms with Crippen LogP contribution in [0.4, 0.5) is 0 Å². The van der Waals surface area contributed by atoms with Gasteiger partial charge in [0.15, 0.2) is 0 Å². The number of hydrogen-bond donors (Lipinski definition) is 1. The average Bonchev–Trinajstić information content (AvgIpc) is 2.99. The third-order valence-corrected chi connectivity index (χ3v) is 4.83. The summed E-state index contributed by atoms with van der Waals surface area (Å²) in [4.78, 5) is 4.41. The van der Waals surface area contributed by atoms with Gasteiger partial charge in [-0.3, -0.25) is 0 Å². The first kappa shape index (κ1) is 12.2. The van der Waals surface area contributed by atoms with E-state index in [2.05, 4.69) is 34.9 Å². The molecule has 0 aliphatic carbocycles. The Bertz CT molecular complexity index is 411. The molecule has 1 N–H and O–H groups in total. The monoisotopic (exact) mass is 249 g/mol. The van der Waals surface area contributed by atoms with Gasteiger partial charge in [-0.1, -0.05) is 0 Å². The molecule has 2 aliphatic heterocycles. The number of aromatic nitrogens is 2. The summed E-state index contributed by atoms with van der Waals surface area (Å²) in [7, 11) is 0. The molecule has 4 nitrogen and oxygen atoms in total. The molecule has 2 fully saturated rings. The molecule has 0 spiro atoms. The fraction of sp³-hybridized carbons (Fsp3) is 0.786. The molecule has 1 aromatic rings. The number of nitrogens with one attached hydrogen (secondary N) is 1. The van der Waals surface area contributed by atoms with Crippen LogP contribution in [-0.4, -0.2) is 35.4 Å². The number of rotatable bonds is 2. The SMILES string of the molecule is CC1OCCC1(C)n1cncc1C1CCNCC1. The van der Waals surface area contributed by atoms with Crippen molar-refractivity contribution < 1.29 is 4.74 Å². The van der Waals surface area contributed by atoms with Gasteiger partial charge in [0.25, 0.3) is 0 Å². The maximum atomic E-state index is 5.77. The predicted molar refractivity (Wildman–Crippen MR) is 70.8 cm³/mol. The van der Waals surface area contributed by atoms with E-state index in [0.29, 0.717) is 5.92 Å². The molecule has 0 bridgehead atoms. The summed E-state index contributed by atoms with van der Waals surface area (Å²) in [6, 6.07) is 0. The van der Waals surface area contributed by atoms with Crippen LogP contribution >= 0.6 is 0 Å². The van der Waals surface area contributed by atoms with Gasteiger partial charge in [0.2, 0.25) is 0 Å². The lowest BCUT2D eigenvalue weighted by molar-refractivity contribution is 0.0741. The molecule has 100 valence electrons. The molecular weight excluding hydrogens is 226 g/mol. The van der Waals surface area contributed by atoms with Crippen LogP contribution in [-0.2, 0) is 10.3 Å². The van der Waals surface area contributed by atoms with Crippen LogP contribution in [0.25, 0.3) is 0 Å². The highest BCUT2D eigenvalue weighted by Crippen LogP contribution is 2.37. The van der Waals surface area contributed by atoms with Gasteiger partial charge >= 0.3 is 0 Å². The lowest BCUT2D eigenvalue weighted by Gasteiger charge is -2.34. The maximum absolute atomic E-state index is 5.77. The molecule has 0 saturated carbocycles. The van der Waals surface area contributed by atoms with Crippen molar-refractivity contribution in [1.82, 2.24) is 14.9 Å². The van der Waals surface area contributed by atoms with Gasteiger partial charge < -0.3 is 14.6 Å². The van der Waals surface area contributed by atoms with E-state index in [1.54, 1.807) is 0 Å². The van der Waals surface area contributed by atoms with Gasteiger partial charge in [0.1, 0.15) is 0 Å². The molecule has 3 rings (SSSR count). The fourth-order valence-corrected chi connectivity index (χ4v) is 3.29. The molecule has 1 aromatic heterocycles. The number of imidazole rings is 1. The van der Waals surface area contributed by atoms with Gasteiger partial charge in [-0.05, 0) is 46.2 Å². The van der Waals surface area contributed by atoms with Gasteiger partial charge in [0, 0.05) is 24.4 Å². The molecule has 0 radical (unpaired) electrons. The highest BCUT2D eigenvalue weighted by atomic mass is 16.5. The Morgan fingerprint density at radius 3 is 2.89 bits per heavy atom. The van der Waals surface area contributed by atoms with Crippen molar-refractivity contribution in [2.75, 3.05) is 19.7 Å². The summed E-state index contributed by atoms with van der Waals surface area (Å²) < 4.78 is 8.16. The zero-order valence-electron chi connectivity index (χ0n) is 11.4. The molecule has 2 unspecified atom stereocenters. The van der Waals surface area contributed by atoms with E-state index in [9.17, 15) is 0 Å². The first-order chi connectivity index (χ1) is 8.72. The van der Waals surface area contributed by atoms with Gasteiger partial charge in [-0.15, -0.1) is 0 Å². The van der Waals surface area contributed by atoms with Crippen molar-refractivity contribution in [1.29, 1.82) is 0 Å².